The highest BCUT2D eigenvalue weighted by Crippen LogP contribution is 2.16. The maximum absolute atomic E-state index is 12.2. The van der Waals surface area contributed by atoms with Crippen LogP contribution in [0.4, 0.5) is 5.69 Å². The van der Waals surface area contributed by atoms with E-state index < -0.39 is 0 Å². The summed E-state index contributed by atoms with van der Waals surface area (Å²) in [6.45, 7) is 10.7. The summed E-state index contributed by atoms with van der Waals surface area (Å²) in [4.78, 5) is 16.9. The maximum atomic E-state index is 12.2. The highest BCUT2D eigenvalue weighted by Gasteiger charge is 2.23. The molecule has 1 heterocycles. The van der Waals surface area contributed by atoms with E-state index in [0.717, 1.165) is 62.8 Å². The summed E-state index contributed by atoms with van der Waals surface area (Å²) in [5.74, 6) is 1.27. The number of hydrogen-bond acceptors (Lipinski definition) is 4. The number of benzene rings is 1. The van der Waals surface area contributed by atoms with Crippen LogP contribution < -0.4 is 16.0 Å². The number of amides is 1. The molecule has 3 N–H and O–H groups in total. The van der Waals surface area contributed by atoms with Gasteiger partial charge in [0, 0.05) is 38.6 Å². The third-order valence-electron chi connectivity index (χ3n) is 4.39. The largest absolute Gasteiger partial charge is 0.381 e. The Labute approximate surface area is 174 Å². The summed E-state index contributed by atoms with van der Waals surface area (Å²) in [5, 5.41) is 9.53. The molecular weight excluding hydrogens is 368 g/mol. The summed E-state index contributed by atoms with van der Waals surface area (Å²) in [6.07, 6.45) is 2.33. The average Bonchev–Trinajstić information content (AvgIpc) is 3.24. The van der Waals surface area contributed by atoms with E-state index in [2.05, 4.69) is 34.8 Å². The van der Waals surface area contributed by atoms with Crippen LogP contribution in [0.2, 0.25) is 0 Å². The number of hydrogen-bond donors (Lipinski definition) is 3. The molecular formula is C22H36N4O3. The monoisotopic (exact) mass is 404 g/mol. The highest BCUT2D eigenvalue weighted by atomic mass is 16.5. The summed E-state index contributed by atoms with van der Waals surface area (Å²) in [5.41, 5.74) is 1.81. The number of ether oxygens (including phenoxy) is 2. The lowest BCUT2D eigenvalue weighted by Gasteiger charge is -2.13. The van der Waals surface area contributed by atoms with E-state index in [-0.39, 0.29) is 12.0 Å². The molecule has 1 fully saturated rings. The second kappa shape index (κ2) is 13.2. The number of rotatable bonds is 11. The SMILES string of the molecule is CCNC(=NCc1cccc(NC(=O)C2CCCO2)c1)NCCCOCC(C)C. The first-order chi connectivity index (χ1) is 14.1. The molecule has 1 aromatic carbocycles. The molecule has 1 aromatic rings. The minimum absolute atomic E-state index is 0.0714. The lowest BCUT2D eigenvalue weighted by Crippen LogP contribution is -2.38. The van der Waals surface area contributed by atoms with Crippen LogP contribution in [-0.4, -0.2) is 50.9 Å². The normalized spacial score (nSPS) is 16.8. The Morgan fingerprint density at radius 1 is 1.34 bits per heavy atom. The smallest absolute Gasteiger partial charge is 0.253 e. The fourth-order valence-corrected chi connectivity index (χ4v) is 2.97. The van der Waals surface area contributed by atoms with E-state index in [1.807, 2.05) is 31.2 Å². The van der Waals surface area contributed by atoms with Gasteiger partial charge in [-0.1, -0.05) is 26.0 Å². The fraction of sp³-hybridized carbons (Fsp3) is 0.636. The first kappa shape index (κ1) is 23.2. The summed E-state index contributed by atoms with van der Waals surface area (Å²) < 4.78 is 11.0. The lowest BCUT2D eigenvalue weighted by atomic mass is 10.2. The third kappa shape index (κ3) is 9.28. The Kier molecular flexibility index (Phi) is 10.5. The van der Waals surface area contributed by atoms with Crippen molar-refractivity contribution in [1.29, 1.82) is 0 Å². The van der Waals surface area contributed by atoms with Crippen molar-refractivity contribution in [2.24, 2.45) is 10.9 Å². The molecule has 0 radical (unpaired) electrons. The zero-order valence-corrected chi connectivity index (χ0v) is 18.0. The Morgan fingerprint density at radius 3 is 2.93 bits per heavy atom. The molecule has 1 unspecified atom stereocenters. The molecule has 0 saturated carbocycles. The second-order valence-corrected chi connectivity index (χ2v) is 7.64. The van der Waals surface area contributed by atoms with E-state index in [9.17, 15) is 4.79 Å². The van der Waals surface area contributed by atoms with Crippen LogP contribution in [0.15, 0.2) is 29.3 Å². The van der Waals surface area contributed by atoms with Gasteiger partial charge >= 0.3 is 0 Å². The van der Waals surface area contributed by atoms with Crippen molar-refractivity contribution in [3.05, 3.63) is 29.8 Å². The van der Waals surface area contributed by atoms with Gasteiger partial charge in [-0.3, -0.25) is 4.79 Å². The zero-order chi connectivity index (χ0) is 20.9. The summed E-state index contributed by atoms with van der Waals surface area (Å²) in [6, 6.07) is 7.79. The standard InChI is InChI=1S/C22H36N4O3/c1-4-23-22(24-11-7-12-28-16-17(2)3)25-15-18-8-5-9-19(14-18)26-21(27)20-10-6-13-29-20/h5,8-9,14,17,20H,4,6-7,10-13,15-16H2,1-3H3,(H,26,27)(H2,23,24,25). The summed E-state index contributed by atoms with van der Waals surface area (Å²) >= 11 is 0. The zero-order valence-electron chi connectivity index (χ0n) is 18.0. The molecule has 1 aliphatic heterocycles. The summed E-state index contributed by atoms with van der Waals surface area (Å²) in [7, 11) is 0. The van der Waals surface area contributed by atoms with Crippen LogP contribution in [0, 0.1) is 5.92 Å². The third-order valence-corrected chi connectivity index (χ3v) is 4.39. The Bertz CT molecular complexity index is 643. The van der Waals surface area contributed by atoms with Gasteiger partial charge in [0.25, 0.3) is 5.91 Å². The fourth-order valence-electron chi connectivity index (χ4n) is 2.97. The van der Waals surface area contributed by atoms with Crippen molar-refractivity contribution in [1.82, 2.24) is 10.6 Å². The molecule has 7 nitrogen and oxygen atoms in total. The number of anilines is 1. The van der Waals surface area contributed by atoms with Crippen molar-refractivity contribution in [3.8, 4) is 0 Å². The van der Waals surface area contributed by atoms with Crippen LogP contribution >= 0.6 is 0 Å². The van der Waals surface area contributed by atoms with Gasteiger partial charge < -0.3 is 25.4 Å². The minimum atomic E-state index is -0.328. The van der Waals surface area contributed by atoms with E-state index in [4.69, 9.17) is 9.47 Å². The molecule has 7 heteroatoms. The van der Waals surface area contributed by atoms with Crippen molar-refractivity contribution >= 4 is 17.6 Å². The van der Waals surface area contributed by atoms with Crippen molar-refractivity contribution in [3.63, 3.8) is 0 Å². The topological polar surface area (TPSA) is 84.0 Å². The number of carbonyl (C=O) groups is 1. The van der Waals surface area contributed by atoms with Gasteiger partial charge in [0.05, 0.1) is 6.54 Å². The predicted molar refractivity (Wildman–Crippen MR) is 117 cm³/mol. The van der Waals surface area contributed by atoms with E-state index in [1.165, 1.54) is 0 Å². The van der Waals surface area contributed by atoms with E-state index in [1.54, 1.807) is 0 Å². The van der Waals surface area contributed by atoms with Crippen LogP contribution in [0.5, 0.6) is 0 Å². The first-order valence-electron chi connectivity index (χ1n) is 10.7. The van der Waals surface area contributed by atoms with E-state index >= 15 is 0 Å². The number of nitrogens with zero attached hydrogens (tertiary/aromatic N) is 1. The number of carbonyl (C=O) groups excluding carboxylic acids is 1. The molecule has 29 heavy (non-hydrogen) atoms. The quantitative estimate of drug-likeness (QED) is 0.300. The lowest BCUT2D eigenvalue weighted by molar-refractivity contribution is -0.124. The molecule has 1 saturated heterocycles. The Balaban J connectivity index is 1.80. The molecule has 0 bridgehead atoms. The van der Waals surface area contributed by atoms with Gasteiger partial charge in [-0.15, -0.1) is 0 Å². The number of aliphatic imine (C=N–C) groups is 1. The Hall–Kier alpha value is -2.12. The first-order valence-corrected chi connectivity index (χ1v) is 10.7. The van der Waals surface area contributed by atoms with Gasteiger partial charge in [-0.25, -0.2) is 4.99 Å². The van der Waals surface area contributed by atoms with Gasteiger partial charge in [-0.2, -0.15) is 0 Å². The second-order valence-electron chi connectivity index (χ2n) is 7.64. The van der Waals surface area contributed by atoms with Crippen LogP contribution in [0.25, 0.3) is 0 Å². The molecule has 162 valence electrons. The predicted octanol–water partition coefficient (Wildman–Crippen LogP) is 2.92. The van der Waals surface area contributed by atoms with Gasteiger partial charge in [-0.05, 0) is 49.8 Å². The molecule has 1 atom stereocenters. The number of guanidine groups is 1. The van der Waals surface area contributed by atoms with Gasteiger partial charge in [0.15, 0.2) is 5.96 Å². The molecule has 0 spiro atoms. The van der Waals surface area contributed by atoms with E-state index in [0.29, 0.717) is 19.1 Å². The molecule has 0 aliphatic carbocycles. The van der Waals surface area contributed by atoms with Crippen LogP contribution in [0.3, 0.4) is 0 Å². The van der Waals surface area contributed by atoms with Crippen LogP contribution in [0.1, 0.15) is 45.6 Å². The molecule has 1 amide bonds. The van der Waals surface area contributed by atoms with Gasteiger partial charge in [0.1, 0.15) is 6.10 Å². The van der Waals surface area contributed by atoms with Crippen molar-refractivity contribution in [2.75, 3.05) is 38.2 Å². The Morgan fingerprint density at radius 2 is 2.21 bits per heavy atom. The van der Waals surface area contributed by atoms with Crippen LogP contribution in [-0.2, 0) is 20.8 Å². The molecule has 2 rings (SSSR count). The van der Waals surface area contributed by atoms with Crippen molar-refractivity contribution in [2.45, 2.75) is 52.7 Å². The highest BCUT2D eigenvalue weighted by molar-refractivity contribution is 5.94. The van der Waals surface area contributed by atoms with Crippen molar-refractivity contribution < 1.29 is 14.3 Å². The average molecular weight is 405 g/mol. The van der Waals surface area contributed by atoms with Gasteiger partial charge in [0.2, 0.25) is 0 Å². The maximum Gasteiger partial charge on any atom is 0.253 e. The molecule has 1 aliphatic rings. The minimum Gasteiger partial charge on any atom is -0.381 e. The molecule has 0 aromatic heterocycles. The number of nitrogens with one attached hydrogen (secondary N) is 3.